The van der Waals surface area contributed by atoms with Crippen LogP contribution in [0.2, 0.25) is 0 Å². The average Bonchev–Trinajstić information content (AvgIpc) is 2.41. The van der Waals surface area contributed by atoms with E-state index >= 15 is 0 Å². The van der Waals surface area contributed by atoms with E-state index in [1.807, 2.05) is 0 Å². The van der Waals surface area contributed by atoms with Crippen molar-refractivity contribution in [3.05, 3.63) is 0 Å². The first kappa shape index (κ1) is 9.01. The van der Waals surface area contributed by atoms with Gasteiger partial charge in [0.05, 0.1) is 26.7 Å². The maximum Gasteiger partial charge on any atom is 0.102 e. The van der Waals surface area contributed by atoms with Crippen LogP contribution in [0.4, 0.5) is 0 Å². The molecule has 2 heteroatoms. The van der Waals surface area contributed by atoms with Crippen LogP contribution in [0.1, 0.15) is 20.3 Å². The van der Waals surface area contributed by atoms with E-state index in [2.05, 4.69) is 27.9 Å². The van der Waals surface area contributed by atoms with Gasteiger partial charge in [0.1, 0.15) is 6.54 Å². The second-order valence-corrected chi connectivity index (χ2v) is 4.93. The Morgan fingerprint density at radius 3 is 2.18 bits per heavy atom. The Morgan fingerprint density at radius 1 is 1.45 bits per heavy atom. The monoisotopic (exact) mass is 158 g/mol. The standard InChI is InChI=1S/C9H20NO/c1-9(2)7-8(9)10(3,4)5-6-11/h8,11H,5-7H2,1-4H3/q+1. The number of likely N-dealkylation sites (N-methyl/N-ethyl adjacent to an activating group) is 1. The lowest BCUT2D eigenvalue weighted by Crippen LogP contribution is -2.45. The van der Waals surface area contributed by atoms with Crippen LogP contribution >= 0.6 is 0 Å². The van der Waals surface area contributed by atoms with Gasteiger partial charge in [-0.05, 0) is 0 Å². The molecule has 1 rings (SSSR count). The Balaban J connectivity index is 2.48. The summed E-state index contributed by atoms with van der Waals surface area (Å²) in [7, 11) is 4.41. The molecule has 1 N–H and O–H groups in total. The summed E-state index contributed by atoms with van der Waals surface area (Å²) >= 11 is 0. The molecule has 1 aliphatic rings. The van der Waals surface area contributed by atoms with E-state index in [9.17, 15) is 0 Å². The smallest absolute Gasteiger partial charge is 0.102 e. The molecule has 1 saturated carbocycles. The normalized spacial score (nSPS) is 28.6. The van der Waals surface area contributed by atoms with Crippen molar-refractivity contribution in [3.8, 4) is 0 Å². The molecule has 1 atom stereocenters. The predicted molar refractivity (Wildman–Crippen MR) is 46.2 cm³/mol. The summed E-state index contributed by atoms with van der Waals surface area (Å²) in [5.74, 6) is 0. The molecule has 1 fully saturated rings. The number of hydrogen-bond acceptors (Lipinski definition) is 1. The molecule has 0 amide bonds. The van der Waals surface area contributed by atoms with Crippen molar-refractivity contribution < 1.29 is 9.59 Å². The molecular formula is C9H20NO+. The van der Waals surface area contributed by atoms with Crippen molar-refractivity contribution >= 4 is 0 Å². The molecule has 0 aliphatic heterocycles. The molecule has 1 unspecified atom stereocenters. The van der Waals surface area contributed by atoms with E-state index in [1.165, 1.54) is 6.42 Å². The molecule has 0 heterocycles. The molecule has 0 radical (unpaired) electrons. The molecule has 0 spiro atoms. The zero-order chi connectivity index (χ0) is 8.70. The van der Waals surface area contributed by atoms with Gasteiger partial charge in [-0.1, -0.05) is 13.8 Å². The molecule has 0 aromatic heterocycles. The van der Waals surface area contributed by atoms with Gasteiger partial charge in [-0.25, -0.2) is 0 Å². The second-order valence-electron chi connectivity index (χ2n) is 4.93. The maximum absolute atomic E-state index is 8.83. The highest BCUT2D eigenvalue weighted by molar-refractivity contribution is 4.96. The highest BCUT2D eigenvalue weighted by Crippen LogP contribution is 2.50. The van der Waals surface area contributed by atoms with Crippen molar-refractivity contribution in [3.63, 3.8) is 0 Å². The summed E-state index contributed by atoms with van der Waals surface area (Å²) in [6.45, 7) is 5.79. The first-order chi connectivity index (χ1) is 4.90. The van der Waals surface area contributed by atoms with Gasteiger partial charge in [-0.3, -0.25) is 0 Å². The van der Waals surface area contributed by atoms with E-state index in [1.54, 1.807) is 0 Å². The van der Waals surface area contributed by atoms with Crippen LogP contribution in [0.25, 0.3) is 0 Å². The molecule has 0 aromatic rings. The lowest BCUT2D eigenvalue weighted by atomic mass is 10.1. The van der Waals surface area contributed by atoms with Crippen LogP contribution in [-0.2, 0) is 0 Å². The quantitative estimate of drug-likeness (QED) is 0.604. The fraction of sp³-hybridized carbons (Fsp3) is 1.00. The Morgan fingerprint density at radius 2 is 1.91 bits per heavy atom. The summed E-state index contributed by atoms with van der Waals surface area (Å²) in [5, 5.41) is 8.83. The summed E-state index contributed by atoms with van der Waals surface area (Å²) in [5.41, 5.74) is 0.513. The summed E-state index contributed by atoms with van der Waals surface area (Å²) < 4.78 is 0.976. The molecule has 11 heavy (non-hydrogen) atoms. The third-order valence-corrected chi connectivity index (χ3v) is 2.98. The molecule has 0 saturated heterocycles. The zero-order valence-electron chi connectivity index (χ0n) is 8.09. The molecule has 1 aliphatic carbocycles. The van der Waals surface area contributed by atoms with Gasteiger partial charge in [0, 0.05) is 11.8 Å². The number of rotatable bonds is 3. The highest BCUT2D eigenvalue weighted by atomic mass is 16.3. The fourth-order valence-electron chi connectivity index (χ4n) is 2.05. The molecule has 0 aromatic carbocycles. The van der Waals surface area contributed by atoms with Crippen LogP contribution < -0.4 is 0 Å². The van der Waals surface area contributed by atoms with E-state index in [4.69, 9.17) is 5.11 Å². The Labute approximate surface area is 69.4 Å². The third kappa shape index (κ3) is 1.74. The van der Waals surface area contributed by atoms with E-state index in [-0.39, 0.29) is 0 Å². The van der Waals surface area contributed by atoms with Gasteiger partial charge in [0.2, 0.25) is 0 Å². The predicted octanol–water partition coefficient (Wildman–Crippen LogP) is 0.854. The van der Waals surface area contributed by atoms with Crippen molar-refractivity contribution in [2.24, 2.45) is 5.41 Å². The van der Waals surface area contributed by atoms with Crippen molar-refractivity contribution in [1.29, 1.82) is 0 Å². The minimum Gasteiger partial charge on any atom is -0.391 e. The van der Waals surface area contributed by atoms with Crippen LogP contribution in [0.5, 0.6) is 0 Å². The van der Waals surface area contributed by atoms with Gasteiger partial charge >= 0.3 is 0 Å². The van der Waals surface area contributed by atoms with Gasteiger partial charge in [-0.15, -0.1) is 0 Å². The molecular weight excluding hydrogens is 138 g/mol. The second kappa shape index (κ2) is 2.46. The minimum atomic E-state index is 0.305. The van der Waals surface area contributed by atoms with Crippen LogP contribution in [0, 0.1) is 5.41 Å². The SMILES string of the molecule is CC1(C)CC1[N+](C)(C)CCO. The maximum atomic E-state index is 8.83. The van der Waals surface area contributed by atoms with Crippen LogP contribution in [0.15, 0.2) is 0 Å². The van der Waals surface area contributed by atoms with Crippen LogP contribution in [-0.4, -0.2) is 42.9 Å². The number of nitrogens with zero attached hydrogens (tertiary/aromatic N) is 1. The number of hydrogen-bond donors (Lipinski definition) is 1. The van der Waals surface area contributed by atoms with Gasteiger partial charge in [-0.2, -0.15) is 0 Å². The largest absolute Gasteiger partial charge is 0.391 e. The lowest BCUT2D eigenvalue weighted by molar-refractivity contribution is -0.904. The number of quaternary nitrogens is 1. The minimum absolute atomic E-state index is 0.305. The summed E-state index contributed by atoms with van der Waals surface area (Å²) in [6.07, 6.45) is 1.31. The van der Waals surface area contributed by atoms with Crippen molar-refractivity contribution in [2.75, 3.05) is 27.2 Å². The topological polar surface area (TPSA) is 20.2 Å². The van der Waals surface area contributed by atoms with E-state index < -0.39 is 0 Å². The molecule has 2 nitrogen and oxygen atoms in total. The van der Waals surface area contributed by atoms with Crippen molar-refractivity contribution in [1.82, 2.24) is 0 Å². The van der Waals surface area contributed by atoms with Gasteiger partial charge < -0.3 is 9.59 Å². The number of aliphatic hydroxyl groups excluding tert-OH is 1. The number of aliphatic hydroxyl groups is 1. The first-order valence-corrected chi connectivity index (χ1v) is 4.34. The average molecular weight is 158 g/mol. The Kier molecular flexibility index (Phi) is 2.01. The molecule has 66 valence electrons. The molecule has 0 bridgehead atoms. The zero-order valence-corrected chi connectivity index (χ0v) is 8.09. The summed E-state index contributed by atoms with van der Waals surface area (Å²) in [4.78, 5) is 0. The van der Waals surface area contributed by atoms with Gasteiger partial charge in [0.15, 0.2) is 0 Å². The fourth-order valence-corrected chi connectivity index (χ4v) is 2.05. The summed E-state index contributed by atoms with van der Waals surface area (Å²) in [6, 6.07) is 0.759. The van der Waals surface area contributed by atoms with Gasteiger partial charge in [0.25, 0.3) is 0 Å². The Hall–Kier alpha value is -0.0800. The first-order valence-electron chi connectivity index (χ1n) is 4.34. The van der Waals surface area contributed by atoms with Crippen LogP contribution in [0.3, 0.4) is 0 Å². The van der Waals surface area contributed by atoms with Crippen molar-refractivity contribution in [2.45, 2.75) is 26.3 Å². The van der Waals surface area contributed by atoms with E-state index in [0.29, 0.717) is 12.0 Å². The van der Waals surface area contributed by atoms with E-state index in [0.717, 1.165) is 17.1 Å². The lowest BCUT2D eigenvalue weighted by Gasteiger charge is -2.30. The Bertz CT molecular complexity index is 152. The third-order valence-electron chi connectivity index (χ3n) is 2.98. The highest BCUT2D eigenvalue weighted by Gasteiger charge is 2.55.